The van der Waals surface area contributed by atoms with Gasteiger partial charge in [-0.2, -0.15) is 8.42 Å². The molecule has 0 radical (unpaired) electrons. The first kappa shape index (κ1) is 18.3. The predicted molar refractivity (Wildman–Crippen MR) is 91.1 cm³/mol. The maximum absolute atomic E-state index is 12.4. The Morgan fingerprint density at radius 1 is 1.16 bits per heavy atom. The number of rotatable bonds is 6. The van der Waals surface area contributed by atoms with E-state index in [0.717, 1.165) is 5.56 Å². The van der Waals surface area contributed by atoms with Crippen molar-refractivity contribution in [2.75, 3.05) is 0 Å². The van der Waals surface area contributed by atoms with Crippen LogP contribution in [-0.4, -0.2) is 25.4 Å². The van der Waals surface area contributed by atoms with Gasteiger partial charge in [0.05, 0.1) is 18.2 Å². The van der Waals surface area contributed by atoms with Crippen molar-refractivity contribution in [1.29, 1.82) is 0 Å². The maximum Gasteiger partial charge on any atom is 0.316 e. The number of hydrogen-bond acceptors (Lipinski definition) is 5. The molecule has 0 aliphatic rings. The number of benzene rings is 2. The molecule has 0 aliphatic heterocycles. The summed E-state index contributed by atoms with van der Waals surface area (Å²) in [6, 6.07) is 12.2. The first-order valence-electron chi connectivity index (χ1n) is 7.35. The van der Waals surface area contributed by atoms with Gasteiger partial charge in [0.15, 0.2) is 0 Å². The van der Waals surface area contributed by atoms with Gasteiger partial charge < -0.3 is 10.4 Å². The number of hydrogen-bond donors (Lipinski definition) is 2. The highest BCUT2D eigenvalue weighted by atomic mass is 32.2. The molecule has 0 aromatic heterocycles. The summed E-state index contributed by atoms with van der Waals surface area (Å²) >= 11 is 0. The van der Waals surface area contributed by atoms with Crippen LogP contribution in [0.5, 0.6) is 0 Å². The Labute approximate surface area is 146 Å². The highest BCUT2D eigenvalue weighted by Gasteiger charge is 2.19. The SMILES string of the molecule is Cc1cccc(C(CC(=O)O)NC(=O)c2ccc(N=S(=O)=O)cc2)c1. The molecule has 0 saturated heterocycles. The maximum atomic E-state index is 12.4. The van der Waals surface area contributed by atoms with Gasteiger partial charge in [-0.05, 0) is 36.8 Å². The Balaban J connectivity index is 2.21. The predicted octanol–water partition coefficient (Wildman–Crippen LogP) is 2.64. The van der Waals surface area contributed by atoms with E-state index in [-0.39, 0.29) is 17.7 Å². The third-order valence-corrected chi connectivity index (χ3v) is 3.80. The molecule has 7 nitrogen and oxygen atoms in total. The van der Waals surface area contributed by atoms with Gasteiger partial charge in [-0.25, -0.2) is 0 Å². The first-order chi connectivity index (χ1) is 11.8. The van der Waals surface area contributed by atoms with E-state index in [1.165, 1.54) is 24.3 Å². The largest absolute Gasteiger partial charge is 0.481 e. The van der Waals surface area contributed by atoms with Crippen LogP contribution in [0.1, 0.15) is 33.9 Å². The van der Waals surface area contributed by atoms with Crippen LogP contribution >= 0.6 is 0 Å². The Bertz CT molecular complexity index is 912. The minimum atomic E-state index is -2.57. The van der Waals surface area contributed by atoms with Crippen LogP contribution in [0.4, 0.5) is 5.69 Å². The molecule has 2 rings (SSSR count). The van der Waals surface area contributed by atoms with Crippen molar-refractivity contribution in [2.24, 2.45) is 4.36 Å². The van der Waals surface area contributed by atoms with Crippen LogP contribution in [-0.2, 0) is 15.3 Å². The van der Waals surface area contributed by atoms with Crippen LogP contribution in [0.2, 0.25) is 0 Å². The van der Waals surface area contributed by atoms with Gasteiger partial charge in [-0.3, -0.25) is 9.59 Å². The molecule has 0 bridgehead atoms. The van der Waals surface area contributed by atoms with E-state index < -0.39 is 28.4 Å². The third kappa shape index (κ3) is 5.54. The van der Waals surface area contributed by atoms with E-state index >= 15 is 0 Å². The highest BCUT2D eigenvalue weighted by molar-refractivity contribution is 7.61. The second kappa shape index (κ2) is 8.20. The second-order valence-corrected chi connectivity index (χ2v) is 6.01. The molecule has 2 N–H and O–H groups in total. The molecule has 8 heteroatoms. The van der Waals surface area contributed by atoms with E-state index in [0.29, 0.717) is 5.56 Å². The summed E-state index contributed by atoms with van der Waals surface area (Å²) in [4.78, 5) is 23.5. The lowest BCUT2D eigenvalue weighted by molar-refractivity contribution is -0.137. The lowest BCUT2D eigenvalue weighted by Gasteiger charge is -2.18. The van der Waals surface area contributed by atoms with Crippen molar-refractivity contribution < 1.29 is 23.1 Å². The minimum Gasteiger partial charge on any atom is -0.481 e. The zero-order valence-electron chi connectivity index (χ0n) is 13.3. The van der Waals surface area contributed by atoms with E-state index in [4.69, 9.17) is 5.11 Å². The fourth-order valence-electron chi connectivity index (χ4n) is 2.32. The van der Waals surface area contributed by atoms with E-state index in [1.54, 1.807) is 12.1 Å². The Hall–Kier alpha value is -3.00. The lowest BCUT2D eigenvalue weighted by atomic mass is 10.0. The number of carboxylic acid groups (broad SMARTS) is 1. The minimum absolute atomic E-state index is 0.200. The van der Waals surface area contributed by atoms with Crippen LogP contribution in [0, 0.1) is 6.92 Å². The summed E-state index contributed by atoms with van der Waals surface area (Å²) in [5, 5.41) is 11.8. The molecular formula is C17H16N2O5S. The average Bonchev–Trinajstić information content (AvgIpc) is 2.54. The van der Waals surface area contributed by atoms with Crippen molar-refractivity contribution in [3.63, 3.8) is 0 Å². The quantitative estimate of drug-likeness (QED) is 0.822. The van der Waals surface area contributed by atoms with E-state index in [9.17, 15) is 18.0 Å². The Morgan fingerprint density at radius 2 is 1.84 bits per heavy atom. The molecule has 1 amide bonds. The number of aliphatic carboxylic acids is 1. The van der Waals surface area contributed by atoms with Crippen LogP contribution in [0.3, 0.4) is 0 Å². The molecule has 1 atom stereocenters. The monoisotopic (exact) mass is 360 g/mol. The smallest absolute Gasteiger partial charge is 0.316 e. The van der Waals surface area contributed by atoms with Crippen LogP contribution in [0.25, 0.3) is 0 Å². The summed E-state index contributed by atoms with van der Waals surface area (Å²) in [7, 11) is -2.57. The van der Waals surface area contributed by atoms with Crippen molar-refractivity contribution in [2.45, 2.75) is 19.4 Å². The zero-order valence-corrected chi connectivity index (χ0v) is 14.2. The third-order valence-electron chi connectivity index (χ3n) is 3.44. The molecule has 0 saturated carbocycles. The molecule has 2 aromatic carbocycles. The van der Waals surface area contributed by atoms with Gasteiger partial charge in [0, 0.05) is 5.56 Å². The van der Waals surface area contributed by atoms with Gasteiger partial charge in [0.25, 0.3) is 5.91 Å². The van der Waals surface area contributed by atoms with Crippen molar-refractivity contribution in [3.8, 4) is 0 Å². The second-order valence-electron chi connectivity index (χ2n) is 5.39. The molecule has 2 aromatic rings. The average molecular weight is 360 g/mol. The fraction of sp³-hybridized carbons (Fsp3) is 0.176. The molecule has 0 fully saturated rings. The summed E-state index contributed by atoms with van der Waals surface area (Å²) in [6.07, 6.45) is -0.252. The number of amides is 1. The normalized spacial score (nSPS) is 11.4. The molecule has 25 heavy (non-hydrogen) atoms. The van der Waals surface area contributed by atoms with Crippen LogP contribution < -0.4 is 5.32 Å². The zero-order chi connectivity index (χ0) is 18.4. The Kier molecular flexibility index (Phi) is 6.02. The topological polar surface area (TPSA) is 113 Å². The molecule has 1 unspecified atom stereocenters. The number of aryl methyl sites for hydroxylation is 1. The summed E-state index contributed by atoms with van der Waals surface area (Å²) in [5.41, 5.74) is 2.13. The van der Waals surface area contributed by atoms with Gasteiger partial charge in [-0.1, -0.05) is 29.8 Å². The van der Waals surface area contributed by atoms with Crippen molar-refractivity contribution in [1.82, 2.24) is 5.32 Å². The summed E-state index contributed by atoms with van der Waals surface area (Å²) in [5.74, 6) is -1.48. The van der Waals surface area contributed by atoms with Crippen molar-refractivity contribution >= 4 is 28.1 Å². The number of carbonyl (C=O) groups is 2. The van der Waals surface area contributed by atoms with E-state index in [2.05, 4.69) is 9.68 Å². The highest BCUT2D eigenvalue weighted by Crippen LogP contribution is 2.20. The molecule has 0 aliphatic carbocycles. The van der Waals surface area contributed by atoms with Crippen molar-refractivity contribution in [3.05, 3.63) is 65.2 Å². The van der Waals surface area contributed by atoms with E-state index in [1.807, 2.05) is 19.1 Å². The molecule has 130 valence electrons. The van der Waals surface area contributed by atoms with Gasteiger partial charge >= 0.3 is 16.5 Å². The molecule has 0 spiro atoms. The number of carboxylic acids is 1. The van der Waals surface area contributed by atoms with Gasteiger partial charge in [-0.15, -0.1) is 4.36 Å². The Morgan fingerprint density at radius 3 is 2.40 bits per heavy atom. The molecule has 0 heterocycles. The van der Waals surface area contributed by atoms with Crippen LogP contribution in [0.15, 0.2) is 52.9 Å². The van der Waals surface area contributed by atoms with Gasteiger partial charge in [0.1, 0.15) is 0 Å². The molecular weight excluding hydrogens is 344 g/mol. The number of carbonyl (C=O) groups excluding carboxylic acids is 1. The number of nitrogens with one attached hydrogen (secondary N) is 1. The fourth-order valence-corrected chi connectivity index (χ4v) is 2.61. The number of nitrogens with zero attached hydrogens (tertiary/aromatic N) is 1. The summed E-state index contributed by atoms with van der Waals surface area (Å²) < 4.78 is 24.4. The summed E-state index contributed by atoms with van der Waals surface area (Å²) in [6.45, 7) is 1.88. The lowest BCUT2D eigenvalue weighted by Crippen LogP contribution is -2.30. The standard InChI is InChI=1S/C17H16N2O5S/c1-11-3-2-4-13(9-11)15(10-16(20)21)18-17(22)12-5-7-14(8-6-12)19-25(23)24/h2-9,15H,10H2,1H3,(H,18,22)(H,20,21). The van der Waals surface area contributed by atoms with Gasteiger partial charge in [0.2, 0.25) is 0 Å². The first-order valence-corrected chi connectivity index (χ1v) is 8.39.